The van der Waals surface area contributed by atoms with Gasteiger partial charge in [0.15, 0.2) is 11.5 Å². The predicted molar refractivity (Wildman–Crippen MR) is 137 cm³/mol. The molecule has 5 rings (SSSR count). The Labute approximate surface area is 206 Å². The average Bonchev–Trinajstić information content (AvgIpc) is 2.91. The first-order valence-electron chi connectivity index (χ1n) is 12.5. The molecule has 0 spiro atoms. The summed E-state index contributed by atoms with van der Waals surface area (Å²) in [5, 5.41) is 4.54. The number of anilines is 1. The first-order valence-corrected chi connectivity index (χ1v) is 12.5. The van der Waals surface area contributed by atoms with Gasteiger partial charge in [-0.05, 0) is 66.6 Å². The van der Waals surface area contributed by atoms with Gasteiger partial charge in [-0.15, -0.1) is 0 Å². The number of hydrogen-bond donors (Lipinski definition) is 1. The summed E-state index contributed by atoms with van der Waals surface area (Å²) in [5.74, 6) is 1.61. The molecule has 1 N–H and O–H groups in total. The molecule has 1 aliphatic carbocycles. The number of rotatable bonds is 5. The van der Waals surface area contributed by atoms with Crippen molar-refractivity contribution in [2.45, 2.75) is 44.6 Å². The number of nitrogens with one attached hydrogen (secondary N) is 1. The van der Waals surface area contributed by atoms with E-state index < -0.39 is 0 Å². The summed E-state index contributed by atoms with van der Waals surface area (Å²) in [6.07, 6.45) is 7.09. The van der Waals surface area contributed by atoms with Crippen molar-refractivity contribution in [3.05, 3.63) is 65.7 Å². The Morgan fingerprint density at radius 3 is 2.29 bits per heavy atom. The van der Waals surface area contributed by atoms with Gasteiger partial charge in [-0.2, -0.15) is 0 Å². The van der Waals surface area contributed by atoms with E-state index in [1.807, 2.05) is 30.3 Å². The molecule has 0 bridgehead atoms. The highest BCUT2D eigenvalue weighted by atomic mass is 16.5. The van der Waals surface area contributed by atoms with Crippen LogP contribution in [0.1, 0.15) is 59.2 Å². The molecular weight excluding hydrogens is 440 g/mol. The highest BCUT2D eigenvalue weighted by Crippen LogP contribution is 2.37. The summed E-state index contributed by atoms with van der Waals surface area (Å²) in [6.45, 7) is 0.815. The van der Waals surface area contributed by atoms with Gasteiger partial charge in [0, 0.05) is 35.5 Å². The topological polar surface area (TPSA) is 67.9 Å². The zero-order valence-corrected chi connectivity index (χ0v) is 20.4. The Kier molecular flexibility index (Phi) is 6.62. The molecule has 6 nitrogen and oxygen atoms in total. The second kappa shape index (κ2) is 9.98. The van der Waals surface area contributed by atoms with E-state index in [1.54, 1.807) is 38.5 Å². The highest BCUT2D eigenvalue weighted by molar-refractivity contribution is 6.17. The molecule has 0 aromatic heterocycles. The van der Waals surface area contributed by atoms with Crippen molar-refractivity contribution in [2.75, 3.05) is 26.1 Å². The Balaban J connectivity index is 1.45. The van der Waals surface area contributed by atoms with Crippen molar-refractivity contribution in [3.8, 4) is 11.5 Å². The lowest BCUT2D eigenvalue weighted by Gasteiger charge is -2.44. The van der Waals surface area contributed by atoms with Gasteiger partial charge >= 0.3 is 0 Å². The zero-order valence-electron chi connectivity index (χ0n) is 20.4. The van der Waals surface area contributed by atoms with Gasteiger partial charge in [-0.1, -0.05) is 37.1 Å². The molecule has 0 unspecified atom stereocenters. The molecule has 2 atom stereocenters. The third kappa shape index (κ3) is 4.45. The van der Waals surface area contributed by atoms with Gasteiger partial charge in [-0.25, -0.2) is 0 Å². The van der Waals surface area contributed by atoms with Crippen LogP contribution in [0, 0.1) is 5.92 Å². The van der Waals surface area contributed by atoms with Crippen LogP contribution in [0.5, 0.6) is 11.5 Å². The lowest BCUT2D eigenvalue weighted by Crippen LogP contribution is -2.49. The molecule has 3 aromatic rings. The second-order valence-corrected chi connectivity index (χ2v) is 9.48. The van der Waals surface area contributed by atoms with E-state index in [1.165, 1.54) is 25.7 Å². The number of ether oxygens (including phenoxy) is 2. The highest BCUT2D eigenvalue weighted by Gasteiger charge is 2.36. The minimum Gasteiger partial charge on any atom is -0.493 e. The maximum atomic E-state index is 13.8. The summed E-state index contributed by atoms with van der Waals surface area (Å²) >= 11 is 0. The molecule has 1 heterocycles. The van der Waals surface area contributed by atoms with E-state index in [0.29, 0.717) is 40.3 Å². The summed E-state index contributed by atoms with van der Waals surface area (Å²) in [5.41, 5.74) is 1.81. The molecule has 2 aliphatic rings. The predicted octanol–water partition coefficient (Wildman–Crippen LogP) is 5.90. The second-order valence-electron chi connectivity index (χ2n) is 9.48. The van der Waals surface area contributed by atoms with Crippen LogP contribution in [0.3, 0.4) is 0 Å². The molecule has 1 saturated carbocycles. The van der Waals surface area contributed by atoms with Crippen molar-refractivity contribution >= 4 is 28.3 Å². The lowest BCUT2D eigenvalue weighted by atomic mass is 9.78. The molecule has 6 heteroatoms. The Morgan fingerprint density at radius 2 is 1.51 bits per heavy atom. The maximum Gasteiger partial charge on any atom is 0.256 e. The smallest absolute Gasteiger partial charge is 0.256 e. The number of amides is 2. The van der Waals surface area contributed by atoms with Crippen molar-refractivity contribution in [2.24, 2.45) is 5.92 Å². The van der Waals surface area contributed by atoms with Crippen LogP contribution in [0.2, 0.25) is 0 Å². The first-order chi connectivity index (χ1) is 17.1. The molecule has 1 saturated heterocycles. The molecule has 35 heavy (non-hydrogen) atoms. The summed E-state index contributed by atoms with van der Waals surface area (Å²) in [7, 11) is 3.13. The van der Waals surface area contributed by atoms with E-state index in [-0.39, 0.29) is 11.8 Å². The fourth-order valence-electron chi connectivity index (χ4n) is 5.83. The fraction of sp³-hybridized carbons (Fsp3) is 0.379. The lowest BCUT2D eigenvalue weighted by molar-refractivity contribution is 0.0392. The maximum absolute atomic E-state index is 13.8. The third-order valence-corrected chi connectivity index (χ3v) is 7.54. The molecule has 0 radical (unpaired) electrons. The number of piperidine rings is 1. The number of fused-ring (bicyclic) bond motifs is 2. The normalized spacial score (nSPS) is 19.7. The van der Waals surface area contributed by atoms with E-state index >= 15 is 0 Å². The standard InChI is InChI=1S/C29H32N2O4/c1-34-26-16-13-20(18-27(26)35-2)30-28(32)23-14-15-24(22-11-5-4-10-21(22)23)29(33)31-17-7-9-19-8-3-6-12-25(19)31/h4-5,10-11,13-16,18-19,25H,3,6-9,12,17H2,1-2H3,(H,30,32)/t19-,25-/m0/s1. The Morgan fingerprint density at radius 1 is 0.829 bits per heavy atom. The quantitative estimate of drug-likeness (QED) is 0.502. The SMILES string of the molecule is COc1ccc(NC(=O)c2ccc(C(=O)N3CCC[C@@H]4CCCC[C@@H]43)c3ccccc23)cc1OC. The first kappa shape index (κ1) is 23.2. The summed E-state index contributed by atoms with van der Waals surface area (Å²) in [4.78, 5) is 29.2. The van der Waals surface area contributed by atoms with Crippen molar-refractivity contribution in [3.63, 3.8) is 0 Å². The summed E-state index contributed by atoms with van der Waals surface area (Å²) in [6, 6.07) is 16.9. The monoisotopic (exact) mass is 472 g/mol. The van der Waals surface area contributed by atoms with Crippen LogP contribution in [-0.4, -0.2) is 43.5 Å². The Hall–Kier alpha value is -3.54. The number of carbonyl (C=O) groups excluding carboxylic acids is 2. The fourth-order valence-corrected chi connectivity index (χ4v) is 5.83. The Bertz CT molecular complexity index is 1250. The number of methoxy groups -OCH3 is 2. The van der Waals surface area contributed by atoms with Crippen molar-refractivity contribution < 1.29 is 19.1 Å². The van der Waals surface area contributed by atoms with Gasteiger partial charge < -0.3 is 19.7 Å². The zero-order chi connectivity index (χ0) is 24.4. The van der Waals surface area contributed by atoms with E-state index in [0.717, 1.165) is 30.2 Å². The number of benzene rings is 3. The van der Waals surface area contributed by atoms with Crippen LogP contribution in [0.25, 0.3) is 10.8 Å². The van der Waals surface area contributed by atoms with Gasteiger partial charge in [0.25, 0.3) is 11.8 Å². The molecule has 3 aromatic carbocycles. The van der Waals surface area contributed by atoms with Crippen LogP contribution >= 0.6 is 0 Å². The van der Waals surface area contributed by atoms with Crippen LogP contribution in [0.4, 0.5) is 5.69 Å². The van der Waals surface area contributed by atoms with Crippen LogP contribution < -0.4 is 14.8 Å². The van der Waals surface area contributed by atoms with Gasteiger partial charge in [-0.3, -0.25) is 9.59 Å². The third-order valence-electron chi connectivity index (χ3n) is 7.54. The largest absolute Gasteiger partial charge is 0.493 e. The molecule has 1 aliphatic heterocycles. The average molecular weight is 473 g/mol. The van der Waals surface area contributed by atoms with Gasteiger partial charge in [0.1, 0.15) is 0 Å². The van der Waals surface area contributed by atoms with E-state index in [2.05, 4.69) is 10.2 Å². The summed E-state index contributed by atoms with van der Waals surface area (Å²) < 4.78 is 10.6. The van der Waals surface area contributed by atoms with Gasteiger partial charge in [0.2, 0.25) is 0 Å². The molecular formula is C29H32N2O4. The van der Waals surface area contributed by atoms with E-state index in [4.69, 9.17) is 9.47 Å². The molecule has 2 fully saturated rings. The number of likely N-dealkylation sites (tertiary alicyclic amines) is 1. The van der Waals surface area contributed by atoms with Crippen molar-refractivity contribution in [1.82, 2.24) is 4.90 Å². The number of carbonyl (C=O) groups is 2. The molecule has 182 valence electrons. The minimum atomic E-state index is -0.238. The van der Waals surface area contributed by atoms with Crippen LogP contribution in [0.15, 0.2) is 54.6 Å². The van der Waals surface area contributed by atoms with E-state index in [9.17, 15) is 9.59 Å². The molecule has 2 amide bonds. The van der Waals surface area contributed by atoms with Crippen molar-refractivity contribution in [1.29, 1.82) is 0 Å². The number of hydrogen-bond acceptors (Lipinski definition) is 4. The minimum absolute atomic E-state index is 0.0876. The van der Waals surface area contributed by atoms with Crippen LogP contribution in [-0.2, 0) is 0 Å². The number of nitrogens with zero attached hydrogens (tertiary/aromatic N) is 1. The van der Waals surface area contributed by atoms with Gasteiger partial charge in [0.05, 0.1) is 14.2 Å².